The van der Waals surface area contributed by atoms with E-state index in [2.05, 4.69) is 24.1 Å². The van der Waals surface area contributed by atoms with Gasteiger partial charge in [-0.25, -0.2) is 4.98 Å². The maximum Gasteiger partial charge on any atom is 0.227 e. The topological polar surface area (TPSA) is 50.3 Å². The second-order valence-corrected chi connectivity index (χ2v) is 7.08. The van der Waals surface area contributed by atoms with Crippen LogP contribution in [-0.2, 0) is 11.2 Å². The predicted molar refractivity (Wildman–Crippen MR) is 87.4 cm³/mol. The van der Waals surface area contributed by atoms with Gasteiger partial charge in [0.2, 0.25) is 5.95 Å². The van der Waals surface area contributed by atoms with Crippen molar-refractivity contribution < 1.29 is 4.74 Å². The average Bonchev–Trinajstić information content (AvgIpc) is 2.53. The molecule has 0 spiro atoms. The van der Waals surface area contributed by atoms with E-state index in [4.69, 9.17) is 14.7 Å². The van der Waals surface area contributed by atoms with Gasteiger partial charge in [0.1, 0.15) is 5.82 Å². The molecule has 21 heavy (non-hydrogen) atoms. The van der Waals surface area contributed by atoms with Gasteiger partial charge >= 0.3 is 0 Å². The summed E-state index contributed by atoms with van der Waals surface area (Å²) in [4.78, 5) is 13.1. The van der Waals surface area contributed by atoms with E-state index < -0.39 is 0 Å². The van der Waals surface area contributed by atoms with E-state index in [0.29, 0.717) is 5.92 Å². The average molecular weight is 308 g/mol. The molecule has 0 bridgehead atoms. The van der Waals surface area contributed by atoms with Gasteiger partial charge < -0.3 is 15.0 Å². The molecule has 1 aromatic rings. The summed E-state index contributed by atoms with van der Waals surface area (Å²) in [6.45, 7) is 8.69. The maximum atomic E-state index is 5.43. The normalized spacial score (nSPS) is 18.7. The zero-order valence-corrected chi connectivity index (χ0v) is 13.7. The van der Waals surface area contributed by atoms with Crippen molar-refractivity contribution in [2.24, 2.45) is 5.92 Å². The smallest absolute Gasteiger partial charge is 0.227 e. The Morgan fingerprint density at radius 3 is 2.86 bits per heavy atom. The number of morpholine rings is 1. The fourth-order valence-corrected chi connectivity index (χ4v) is 3.61. The summed E-state index contributed by atoms with van der Waals surface area (Å²) in [6, 6.07) is 0. The Morgan fingerprint density at radius 1 is 1.29 bits per heavy atom. The van der Waals surface area contributed by atoms with Crippen molar-refractivity contribution in [1.82, 2.24) is 9.97 Å². The van der Waals surface area contributed by atoms with E-state index in [1.165, 1.54) is 22.8 Å². The monoisotopic (exact) mass is 308 g/mol. The summed E-state index contributed by atoms with van der Waals surface area (Å²) in [5.74, 6) is 3.67. The minimum Gasteiger partial charge on any atom is -0.378 e. The molecule has 2 aliphatic heterocycles. The molecular formula is C15H24N4OS. The molecule has 0 saturated carbocycles. The molecular weight excluding hydrogens is 284 g/mol. The zero-order valence-electron chi connectivity index (χ0n) is 12.9. The molecule has 116 valence electrons. The van der Waals surface area contributed by atoms with Gasteiger partial charge in [-0.1, -0.05) is 13.8 Å². The Hall–Kier alpha value is -1.01. The van der Waals surface area contributed by atoms with Crippen LogP contribution in [-0.4, -0.2) is 48.6 Å². The van der Waals surface area contributed by atoms with Gasteiger partial charge in [0.15, 0.2) is 0 Å². The van der Waals surface area contributed by atoms with E-state index in [1.807, 2.05) is 11.8 Å². The highest BCUT2D eigenvalue weighted by molar-refractivity contribution is 7.99. The first-order chi connectivity index (χ1) is 10.2. The van der Waals surface area contributed by atoms with Crippen LogP contribution in [0.3, 0.4) is 0 Å². The summed E-state index contributed by atoms with van der Waals surface area (Å²) in [5, 5.41) is 3.52. The van der Waals surface area contributed by atoms with Crippen LogP contribution in [0.15, 0.2) is 4.90 Å². The molecule has 2 aliphatic rings. The Bertz CT molecular complexity index is 489. The third-order valence-electron chi connectivity index (χ3n) is 3.70. The van der Waals surface area contributed by atoms with Crippen LogP contribution in [0.2, 0.25) is 0 Å². The Morgan fingerprint density at radius 2 is 2.10 bits per heavy atom. The number of thioether (sulfide) groups is 1. The molecule has 0 unspecified atom stereocenters. The standard InChI is InChI=1S/C15H24N4OS/c1-11(2)10-16-14-13-12(4-3-9-21-13)17-15(18-14)19-5-7-20-8-6-19/h11H,3-10H2,1-2H3,(H,16,17,18). The molecule has 5 nitrogen and oxygen atoms in total. The zero-order chi connectivity index (χ0) is 14.7. The lowest BCUT2D eigenvalue weighted by molar-refractivity contribution is 0.122. The van der Waals surface area contributed by atoms with Gasteiger partial charge in [0, 0.05) is 19.6 Å². The molecule has 0 aromatic carbocycles. The number of anilines is 2. The molecule has 1 aromatic heterocycles. The summed E-state index contributed by atoms with van der Waals surface area (Å²) < 4.78 is 5.43. The number of hydrogen-bond donors (Lipinski definition) is 1. The first kappa shape index (κ1) is 14.9. The number of nitrogens with one attached hydrogen (secondary N) is 1. The molecule has 6 heteroatoms. The lowest BCUT2D eigenvalue weighted by atomic mass is 10.2. The minimum atomic E-state index is 0.607. The van der Waals surface area contributed by atoms with E-state index in [0.717, 1.165) is 51.0 Å². The lowest BCUT2D eigenvalue weighted by Crippen LogP contribution is -2.37. The van der Waals surface area contributed by atoms with Crippen LogP contribution >= 0.6 is 11.8 Å². The summed E-state index contributed by atoms with van der Waals surface area (Å²) in [6.07, 6.45) is 2.28. The van der Waals surface area contributed by atoms with Gasteiger partial charge in [0.05, 0.1) is 23.8 Å². The van der Waals surface area contributed by atoms with Crippen molar-refractivity contribution in [3.8, 4) is 0 Å². The van der Waals surface area contributed by atoms with Crippen LogP contribution in [0.25, 0.3) is 0 Å². The quantitative estimate of drug-likeness (QED) is 0.922. The second-order valence-electron chi connectivity index (χ2n) is 5.97. The number of aromatic nitrogens is 2. The van der Waals surface area contributed by atoms with Gasteiger partial charge in [-0.3, -0.25) is 0 Å². The number of hydrogen-bond acceptors (Lipinski definition) is 6. The molecule has 1 N–H and O–H groups in total. The largest absolute Gasteiger partial charge is 0.378 e. The van der Waals surface area contributed by atoms with Crippen molar-refractivity contribution in [1.29, 1.82) is 0 Å². The summed E-state index contributed by atoms with van der Waals surface area (Å²) in [7, 11) is 0. The van der Waals surface area contributed by atoms with Crippen molar-refractivity contribution in [3.63, 3.8) is 0 Å². The van der Waals surface area contributed by atoms with Crippen LogP contribution in [0.4, 0.5) is 11.8 Å². The highest BCUT2D eigenvalue weighted by atomic mass is 32.2. The highest BCUT2D eigenvalue weighted by Crippen LogP contribution is 2.35. The van der Waals surface area contributed by atoms with Gasteiger partial charge in [-0.05, 0) is 24.5 Å². The summed E-state index contributed by atoms with van der Waals surface area (Å²) in [5.41, 5.74) is 1.22. The van der Waals surface area contributed by atoms with Crippen molar-refractivity contribution in [2.75, 3.05) is 48.8 Å². The minimum absolute atomic E-state index is 0.607. The molecule has 3 heterocycles. The fraction of sp³-hybridized carbons (Fsp3) is 0.733. The molecule has 3 rings (SSSR count). The molecule has 0 amide bonds. The lowest BCUT2D eigenvalue weighted by Gasteiger charge is -2.29. The molecule has 1 saturated heterocycles. The van der Waals surface area contributed by atoms with E-state index in [9.17, 15) is 0 Å². The molecule has 0 aliphatic carbocycles. The number of fused-ring (bicyclic) bond motifs is 1. The van der Waals surface area contributed by atoms with Crippen LogP contribution < -0.4 is 10.2 Å². The summed E-state index contributed by atoms with van der Waals surface area (Å²) >= 11 is 1.89. The Balaban J connectivity index is 1.88. The van der Waals surface area contributed by atoms with Gasteiger partial charge in [-0.2, -0.15) is 4.98 Å². The maximum absolute atomic E-state index is 5.43. The Labute approximate surface area is 130 Å². The third-order valence-corrected chi connectivity index (χ3v) is 4.91. The fourth-order valence-electron chi connectivity index (χ4n) is 2.54. The number of ether oxygens (including phenoxy) is 1. The van der Waals surface area contributed by atoms with Crippen LogP contribution in [0.1, 0.15) is 26.0 Å². The van der Waals surface area contributed by atoms with Crippen molar-refractivity contribution >= 4 is 23.5 Å². The number of rotatable bonds is 4. The van der Waals surface area contributed by atoms with Crippen molar-refractivity contribution in [3.05, 3.63) is 5.69 Å². The second kappa shape index (κ2) is 6.83. The predicted octanol–water partition coefficient (Wildman–Crippen LogP) is 2.42. The van der Waals surface area contributed by atoms with E-state index in [-0.39, 0.29) is 0 Å². The van der Waals surface area contributed by atoms with Gasteiger partial charge in [-0.15, -0.1) is 11.8 Å². The highest BCUT2D eigenvalue weighted by Gasteiger charge is 2.22. The van der Waals surface area contributed by atoms with Gasteiger partial charge in [0.25, 0.3) is 0 Å². The van der Waals surface area contributed by atoms with E-state index >= 15 is 0 Å². The molecule has 0 radical (unpaired) electrons. The molecule has 0 atom stereocenters. The van der Waals surface area contributed by atoms with Crippen molar-refractivity contribution in [2.45, 2.75) is 31.6 Å². The first-order valence-electron chi connectivity index (χ1n) is 7.84. The van der Waals surface area contributed by atoms with Crippen LogP contribution in [0, 0.1) is 5.92 Å². The number of aryl methyl sites for hydroxylation is 1. The molecule has 1 fully saturated rings. The van der Waals surface area contributed by atoms with Crippen LogP contribution in [0.5, 0.6) is 0 Å². The first-order valence-corrected chi connectivity index (χ1v) is 8.83. The Kier molecular flexibility index (Phi) is 4.85. The van der Waals surface area contributed by atoms with E-state index in [1.54, 1.807) is 0 Å². The SMILES string of the molecule is CC(C)CNc1nc(N2CCOCC2)nc2c1SCCC2. The number of nitrogens with zero attached hydrogens (tertiary/aromatic N) is 3. The third kappa shape index (κ3) is 3.61.